The van der Waals surface area contributed by atoms with Crippen molar-refractivity contribution in [2.45, 2.75) is 31.0 Å². The second-order valence-corrected chi connectivity index (χ2v) is 10.9. The van der Waals surface area contributed by atoms with E-state index < -0.39 is 40.8 Å². The van der Waals surface area contributed by atoms with Gasteiger partial charge in [0.2, 0.25) is 5.91 Å². The van der Waals surface area contributed by atoms with E-state index in [2.05, 4.69) is 21.2 Å². The van der Waals surface area contributed by atoms with Crippen LogP contribution in [0.25, 0.3) is 0 Å². The number of nitro groups is 1. The van der Waals surface area contributed by atoms with Crippen molar-refractivity contribution in [1.29, 1.82) is 0 Å². The molecule has 0 saturated carbocycles. The van der Waals surface area contributed by atoms with Crippen LogP contribution in [0.1, 0.15) is 32.7 Å². The average Bonchev–Trinajstić information content (AvgIpc) is 3.54. The molecule has 3 aromatic rings. The summed E-state index contributed by atoms with van der Waals surface area (Å²) in [5.41, 5.74) is 1.10. The number of hydrogen-bond donors (Lipinski definition) is 2. The molecule has 0 bridgehead atoms. The number of benzene rings is 3. The van der Waals surface area contributed by atoms with E-state index in [4.69, 9.17) is 0 Å². The molecule has 2 aliphatic heterocycles. The van der Waals surface area contributed by atoms with Crippen molar-refractivity contribution >= 4 is 45.1 Å². The number of nitrogens with zero attached hydrogens (tertiary/aromatic N) is 3. The molecule has 0 radical (unpaired) electrons. The Morgan fingerprint density at radius 1 is 1.02 bits per heavy atom. The quantitative estimate of drug-likeness (QED) is 0.304. The monoisotopic (exact) mass is 620 g/mol. The zero-order valence-corrected chi connectivity index (χ0v) is 23.2. The third-order valence-electron chi connectivity index (χ3n) is 7.36. The van der Waals surface area contributed by atoms with Gasteiger partial charge in [0.05, 0.1) is 17.5 Å². The number of Topliss-reactive ketones (excluding diaryl/α,β-unsaturated/α-hetero) is 1. The third kappa shape index (κ3) is 5.82. The van der Waals surface area contributed by atoms with Crippen molar-refractivity contribution in [2.24, 2.45) is 0 Å². The number of hydrogen-bond acceptors (Lipinski definition) is 7. The first-order chi connectivity index (χ1) is 19.6. The van der Waals surface area contributed by atoms with Gasteiger partial charge >= 0.3 is 0 Å². The Hall–Kier alpha value is -4.58. The van der Waals surface area contributed by atoms with Crippen molar-refractivity contribution in [2.75, 3.05) is 13.1 Å². The van der Waals surface area contributed by atoms with Crippen LogP contribution in [0, 0.1) is 10.1 Å². The molecule has 2 fully saturated rings. The molecule has 0 aromatic heterocycles. The summed E-state index contributed by atoms with van der Waals surface area (Å²) in [6, 6.07) is 15.7. The van der Waals surface area contributed by atoms with Gasteiger partial charge in [-0.1, -0.05) is 34.1 Å². The van der Waals surface area contributed by atoms with E-state index in [1.165, 1.54) is 46.2 Å². The number of phenolic OH excluding ortho intramolecular Hbond substituents is 1. The summed E-state index contributed by atoms with van der Waals surface area (Å²) < 4.78 is 0.697. The van der Waals surface area contributed by atoms with Crippen LogP contribution < -0.4 is 5.32 Å². The van der Waals surface area contributed by atoms with E-state index in [0.717, 1.165) is 0 Å². The summed E-state index contributed by atoms with van der Waals surface area (Å²) in [6.45, 7) is 0.0186. The Bertz CT molecular complexity index is 1530. The maximum atomic E-state index is 13.9. The fourth-order valence-corrected chi connectivity index (χ4v) is 5.77. The van der Waals surface area contributed by atoms with E-state index >= 15 is 0 Å². The molecule has 2 aliphatic rings. The molecule has 3 atom stereocenters. The number of phenols is 1. The predicted octanol–water partition coefficient (Wildman–Crippen LogP) is 3.10. The lowest BCUT2D eigenvalue weighted by molar-refractivity contribution is -0.384. The number of nitrogens with one attached hydrogen (secondary N) is 1. The second kappa shape index (κ2) is 11.5. The van der Waals surface area contributed by atoms with Crippen LogP contribution in [0.3, 0.4) is 0 Å². The van der Waals surface area contributed by atoms with Gasteiger partial charge in [0.25, 0.3) is 17.5 Å². The van der Waals surface area contributed by atoms with E-state index in [0.29, 0.717) is 22.0 Å². The molecule has 5 rings (SSSR count). The lowest BCUT2D eigenvalue weighted by Crippen LogP contribution is -2.53. The van der Waals surface area contributed by atoms with Crippen molar-refractivity contribution in [1.82, 2.24) is 15.1 Å². The first-order valence-corrected chi connectivity index (χ1v) is 13.6. The van der Waals surface area contributed by atoms with Crippen molar-refractivity contribution in [3.8, 4) is 5.75 Å². The van der Waals surface area contributed by atoms with Crippen LogP contribution in [0.5, 0.6) is 5.75 Å². The average molecular weight is 621 g/mol. The molecular formula is C29H25BrN4O7. The molecule has 2 N–H and O–H groups in total. The zero-order chi connectivity index (χ0) is 29.3. The fourth-order valence-electron chi connectivity index (χ4n) is 5.37. The Kier molecular flexibility index (Phi) is 7.84. The molecule has 3 aromatic carbocycles. The maximum absolute atomic E-state index is 13.9. The summed E-state index contributed by atoms with van der Waals surface area (Å²) in [7, 11) is 0. The lowest BCUT2D eigenvalue weighted by Gasteiger charge is -2.28. The first-order valence-electron chi connectivity index (χ1n) is 12.9. The Balaban J connectivity index is 1.37. The molecule has 41 heavy (non-hydrogen) atoms. The number of fused-ring (bicyclic) bond motifs is 1. The van der Waals surface area contributed by atoms with Gasteiger partial charge in [-0.25, -0.2) is 0 Å². The summed E-state index contributed by atoms with van der Waals surface area (Å²) in [5, 5.41) is 23.4. The number of nitro benzene ring substituents is 1. The fraction of sp³-hybridized carbons (Fsp3) is 0.241. The van der Waals surface area contributed by atoms with Crippen LogP contribution in [0.15, 0.2) is 77.3 Å². The van der Waals surface area contributed by atoms with Gasteiger partial charge < -0.3 is 20.2 Å². The molecule has 12 heteroatoms. The number of ketones is 1. The predicted molar refractivity (Wildman–Crippen MR) is 150 cm³/mol. The lowest BCUT2D eigenvalue weighted by atomic mass is 10.0. The first kappa shape index (κ1) is 28.0. The van der Waals surface area contributed by atoms with Crippen molar-refractivity contribution in [3.63, 3.8) is 0 Å². The highest BCUT2D eigenvalue weighted by Gasteiger charge is 2.52. The topological polar surface area (TPSA) is 150 Å². The minimum Gasteiger partial charge on any atom is -0.508 e. The summed E-state index contributed by atoms with van der Waals surface area (Å²) in [6.07, 6.45) is 0.485. The number of likely N-dealkylation sites (tertiary alicyclic amines) is 2. The van der Waals surface area contributed by atoms with Gasteiger partial charge in [-0.05, 0) is 54.4 Å². The largest absolute Gasteiger partial charge is 0.508 e. The molecule has 11 nitrogen and oxygen atoms in total. The van der Waals surface area contributed by atoms with E-state index in [9.17, 15) is 34.4 Å². The van der Waals surface area contributed by atoms with E-state index in [1.807, 2.05) is 0 Å². The third-order valence-corrected chi connectivity index (χ3v) is 7.85. The highest BCUT2D eigenvalue weighted by atomic mass is 79.9. The number of halogens is 1. The molecule has 210 valence electrons. The number of carbonyl (C=O) groups excluding carboxylic acids is 4. The Morgan fingerprint density at radius 2 is 1.73 bits per heavy atom. The Labute approximate surface area is 243 Å². The van der Waals surface area contributed by atoms with Crippen molar-refractivity contribution < 1.29 is 29.2 Å². The van der Waals surface area contributed by atoms with Crippen LogP contribution in [-0.2, 0) is 16.0 Å². The van der Waals surface area contributed by atoms with E-state index in [1.54, 1.807) is 36.4 Å². The standard InChI is InChI=1S/C29H25BrN4O7/c30-20-3-1-2-19(15-20)27(37)31-23(14-17-4-10-22(35)11-5-17)29(39)32-13-12-24-26(32)25(36)16-33(24)28(38)18-6-8-21(9-7-18)34(40)41/h1-11,15,23-24,26,35H,12-14,16H2,(H,31,37)/t23-,24+,26-/m0/s1. The van der Waals surface area contributed by atoms with Gasteiger partial charge in [0.15, 0.2) is 5.78 Å². The molecule has 0 aliphatic carbocycles. The number of carbonyl (C=O) groups is 4. The molecule has 3 amide bonds. The van der Waals surface area contributed by atoms with Gasteiger partial charge in [-0.2, -0.15) is 0 Å². The maximum Gasteiger partial charge on any atom is 0.269 e. The summed E-state index contributed by atoms with van der Waals surface area (Å²) in [4.78, 5) is 66.7. The minimum atomic E-state index is -1.02. The highest BCUT2D eigenvalue weighted by molar-refractivity contribution is 9.10. The van der Waals surface area contributed by atoms with Crippen LogP contribution in [0.2, 0.25) is 0 Å². The second-order valence-electron chi connectivity index (χ2n) is 9.94. The van der Waals surface area contributed by atoms with Crippen LogP contribution in [0.4, 0.5) is 5.69 Å². The molecular weight excluding hydrogens is 596 g/mol. The molecule has 0 spiro atoms. The molecule has 2 saturated heterocycles. The number of non-ortho nitro benzene ring substituents is 1. The van der Waals surface area contributed by atoms with Crippen molar-refractivity contribution in [3.05, 3.63) is 104 Å². The zero-order valence-electron chi connectivity index (χ0n) is 21.6. The van der Waals surface area contributed by atoms with Gasteiger partial charge in [-0.3, -0.25) is 29.3 Å². The normalized spacial score (nSPS) is 18.6. The summed E-state index contributed by atoms with van der Waals surface area (Å²) >= 11 is 3.34. The molecule has 0 unspecified atom stereocenters. The minimum absolute atomic E-state index is 0.0616. The SMILES string of the molecule is O=C(N[C@@H](Cc1ccc(O)cc1)C(=O)N1CC[C@@H]2[C@H]1C(=O)CN2C(=O)c1ccc([N+](=O)[O-])cc1)c1cccc(Br)c1. The van der Waals surface area contributed by atoms with Gasteiger partial charge in [0.1, 0.15) is 17.8 Å². The van der Waals surface area contributed by atoms with E-state index in [-0.39, 0.29) is 42.3 Å². The number of rotatable bonds is 7. The number of amides is 3. The number of aromatic hydroxyl groups is 1. The van der Waals surface area contributed by atoms with Gasteiger partial charge in [0, 0.05) is 40.7 Å². The smallest absolute Gasteiger partial charge is 0.269 e. The molecule has 2 heterocycles. The Morgan fingerprint density at radius 3 is 2.39 bits per heavy atom. The van der Waals surface area contributed by atoms with Crippen LogP contribution >= 0.6 is 15.9 Å². The summed E-state index contributed by atoms with van der Waals surface area (Å²) in [5.74, 6) is -1.60. The van der Waals surface area contributed by atoms with Gasteiger partial charge in [-0.15, -0.1) is 0 Å². The highest BCUT2D eigenvalue weighted by Crippen LogP contribution is 2.32. The van der Waals surface area contributed by atoms with Crippen LogP contribution in [-0.4, -0.2) is 74.5 Å².